The molecule has 0 fully saturated rings. The van der Waals surface area contributed by atoms with Gasteiger partial charge in [0.2, 0.25) is 0 Å². The van der Waals surface area contributed by atoms with Crippen molar-refractivity contribution in [1.29, 1.82) is 0 Å². The number of aryl methyl sites for hydroxylation is 1. The van der Waals surface area contributed by atoms with E-state index in [0.717, 1.165) is 6.54 Å². The maximum atomic E-state index is 3.50. The Morgan fingerprint density at radius 3 is 2.35 bits per heavy atom. The number of nitrogens with one attached hydrogen (secondary N) is 1. The largest absolute Gasteiger partial charge is 0.372 e. The molecule has 1 N–H and O–H groups in total. The molecule has 0 saturated heterocycles. The van der Waals surface area contributed by atoms with Gasteiger partial charge in [-0.1, -0.05) is 31.5 Å². The first kappa shape index (κ1) is 14.0. The highest BCUT2D eigenvalue weighted by Gasteiger charge is 2.10. The molecule has 1 rings (SSSR count). The maximum absolute atomic E-state index is 3.50. The van der Waals surface area contributed by atoms with Crippen molar-refractivity contribution in [3.63, 3.8) is 0 Å². The minimum atomic E-state index is 0.521. The average molecular weight is 234 g/mol. The van der Waals surface area contributed by atoms with Crippen molar-refractivity contribution >= 4 is 5.69 Å². The maximum Gasteiger partial charge on any atom is 0.0411 e. The van der Waals surface area contributed by atoms with Gasteiger partial charge in [0.1, 0.15) is 0 Å². The van der Waals surface area contributed by atoms with Gasteiger partial charge in [-0.15, -0.1) is 0 Å². The summed E-state index contributed by atoms with van der Waals surface area (Å²) in [6, 6.07) is 7.74. The van der Waals surface area contributed by atoms with Crippen LogP contribution in [0.2, 0.25) is 0 Å². The third-order valence-corrected chi connectivity index (χ3v) is 3.09. The summed E-state index contributed by atoms with van der Waals surface area (Å²) in [4.78, 5) is 2.33. The standard InChI is InChI=1S/C15H26N2/c1-11(2)16-10-14-9-13(5)7-8-15(14)17(6)12(3)4/h7-9,11-12,16H,10H2,1-6H3. The molecule has 0 unspecified atom stereocenters. The molecule has 96 valence electrons. The predicted molar refractivity (Wildman–Crippen MR) is 76.7 cm³/mol. The van der Waals surface area contributed by atoms with Crippen molar-refractivity contribution in [2.75, 3.05) is 11.9 Å². The lowest BCUT2D eigenvalue weighted by Gasteiger charge is -2.27. The summed E-state index contributed by atoms with van der Waals surface area (Å²) in [6.45, 7) is 11.9. The average Bonchev–Trinajstić information content (AvgIpc) is 2.25. The molecule has 0 aliphatic rings. The molecular formula is C15H26N2. The molecule has 0 spiro atoms. The molecule has 1 aromatic rings. The smallest absolute Gasteiger partial charge is 0.0411 e. The minimum absolute atomic E-state index is 0.521. The van der Waals surface area contributed by atoms with E-state index in [4.69, 9.17) is 0 Å². The molecule has 0 saturated carbocycles. The van der Waals surface area contributed by atoms with Crippen molar-refractivity contribution in [3.8, 4) is 0 Å². The molecule has 2 heteroatoms. The fourth-order valence-corrected chi connectivity index (χ4v) is 1.79. The molecule has 2 nitrogen and oxygen atoms in total. The first-order chi connectivity index (χ1) is 7.91. The number of hydrogen-bond donors (Lipinski definition) is 1. The molecule has 0 aromatic heterocycles. The van der Waals surface area contributed by atoms with Crippen LogP contribution in [0.25, 0.3) is 0 Å². The second-order valence-electron chi connectivity index (χ2n) is 5.37. The van der Waals surface area contributed by atoms with Crippen LogP contribution < -0.4 is 10.2 Å². The predicted octanol–water partition coefficient (Wildman–Crippen LogP) is 3.34. The Balaban J connectivity index is 2.95. The Hall–Kier alpha value is -1.02. The second kappa shape index (κ2) is 6.06. The van der Waals surface area contributed by atoms with Crippen LogP contribution in [0.15, 0.2) is 18.2 Å². The molecule has 0 atom stereocenters. The van der Waals surface area contributed by atoms with Crippen molar-refractivity contribution in [2.24, 2.45) is 0 Å². The van der Waals surface area contributed by atoms with Crippen molar-refractivity contribution in [1.82, 2.24) is 5.32 Å². The zero-order valence-electron chi connectivity index (χ0n) is 12.0. The summed E-state index contributed by atoms with van der Waals surface area (Å²) >= 11 is 0. The van der Waals surface area contributed by atoms with Crippen molar-refractivity contribution in [2.45, 2.75) is 53.2 Å². The number of benzene rings is 1. The molecule has 0 aliphatic carbocycles. The van der Waals surface area contributed by atoms with E-state index in [0.29, 0.717) is 12.1 Å². The third kappa shape index (κ3) is 4.04. The lowest BCUT2D eigenvalue weighted by Crippen LogP contribution is -2.29. The monoisotopic (exact) mass is 234 g/mol. The van der Waals surface area contributed by atoms with Gasteiger partial charge < -0.3 is 10.2 Å². The van der Waals surface area contributed by atoms with E-state index in [1.165, 1.54) is 16.8 Å². The Labute approximate surface area is 106 Å². The van der Waals surface area contributed by atoms with E-state index >= 15 is 0 Å². The number of nitrogens with zero attached hydrogens (tertiary/aromatic N) is 1. The molecule has 1 aromatic carbocycles. The summed E-state index contributed by atoms with van der Waals surface area (Å²) in [5.74, 6) is 0. The first-order valence-corrected chi connectivity index (χ1v) is 6.47. The van der Waals surface area contributed by atoms with Crippen LogP contribution in [0, 0.1) is 6.92 Å². The van der Waals surface area contributed by atoms with Gasteiger partial charge in [0.05, 0.1) is 0 Å². The molecule has 0 amide bonds. The normalized spacial score (nSPS) is 11.3. The Kier molecular flexibility index (Phi) is 5.01. The van der Waals surface area contributed by atoms with Crippen molar-refractivity contribution in [3.05, 3.63) is 29.3 Å². The van der Waals surface area contributed by atoms with E-state index in [2.05, 4.69) is 70.1 Å². The van der Waals surface area contributed by atoms with Gasteiger partial charge in [0.25, 0.3) is 0 Å². The van der Waals surface area contributed by atoms with E-state index in [9.17, 15) is 0 Å². The van der Waals surface area contributed by atoms with E-state index in [1.807, 2.05) is 0 Å². The quantitative estimate of drug-likeness (QED) is 0.840. The van der Waals surface area contributed by atoms with Crippen molar-refractivity contribution < 1.29 is 0 Å². The Morgan fingerprint density at radius 2 is 1.82 bits per heavy atom. The number of rotatable bonds is 5. The van der Waals surface area contributed by atoms with Crippen LogP contribution in [0.4, 0.5) is 5.69 Å². The van der Waals surface area contributed by atoms with Crippen LogP contribution in [0.3, 0.4) is 0 Å². The molecule has 0 radical (unpaired) electrons. The minimum Gasteiger partial charge on any atom is -0.372 e. The van der Waals surface area contributed by atoms with Gasteiger partial charge in [0, 0.05) is 31.4 Å². The van der Waals surface area contributed by atoms with Gasteiger partial charge >= 0.3 is 0 Å². The van der Waals surface area contributed by atoms with E-state index < -0.39 is 0 Å². The van der Waals surface area contributed by atoms with Crippen LogP contribution in [0.5, 0.6) is 0 Å². The second-order valence-corrected chi connectivity index (χ2v) is 5.37. The van der Waals surface area contributed by atoms with Crippen LogP contribution in [-0.2, 0) is 6.54 Å². The SMILES string of the molecule is Cc1ccc(N(C)C(C)C)c(CNC(C)C)c1. The summed E-state index contributed by atoms with van der Waals surface area (Å²) in [6.07, 6.45) is 0. The van der Waals surface area contributed by atoms with Crippen LogP contribution in [-0.4, -0.2) is 19.1 Å². The van der Waals surface area contributed by atoms with Crippen LogP contribution >= 0.6 is 0 Å². The fraction of sp³-hybridized carbons (Fsp3) is 0.600. The lowest BCUT2D eigenvalue weighted by molar-refractivity contribution is 0.587. The van der Waals surface area contributed by atoms with Gasteiger partial charge in [-0.25, -0.2) is 0 Å². The summed E-state index contributed by atoms with van der Waals surface area (Å²) in [5.41, 5.74) is 4.04. The van der Waals surface area contributed by atoms with Gasteiger partial charge in [-0.3, -0.25) is 0 Å². The zero-order valence-corrected chi connectivity index (χ0v) is 12.0. The summed E-state index contributed by atoms with van der Waals surface area (Å²) < 4.78 is 0. The highest BCUT2D eigenvalue weighted by molar-refractivity contribution is 5.55. The highest BCUT2D eigenvalue weighted by atomic mass is 15.1. The molecule has 17 heavy (non-hydrogen) atoms. The highest BCUT2D eigenvalue weighted by Crippen LogP contribution is 2.22. The van der Waals surface area contributed by atoms with Gasteiger partial charge in [0.15, 0.2) is 0 Å². The summed E-state index contributed by atoms with van der Waals surface area (Å²) in [7, 11) is 2.16. The lowest BCUT2D eigenvalue weighted by atomic mass is 10.1. The topological polar surface area (TPSA) is 15.3 Å². The molecule has 0 bridgehead atoms. The van der Waals surface area contributed by atoms with Gasteiger partial charge in [-0.05, 0) is 32.4 Å². The van der Waals surface area contributed by atoms with Gasteiger partial charge in [-0.2, -0.15) is 0 Å². The zero-order chi connectivity index (χ0) is 13.0. The Morgan fingerprint density at radius 1 is 1.18 bits per heavy atom. The summed E-state index contributed by atoms with van der Waals surface area (Å²) in [5, 5.41) is 3.50. The molecule has 0 heterocycles. The number of hydrogen-bond acceptors (Lipinski definition) is 2. The fourth-order valence-electron chi connectivity index (χ4n) is 1.79. The molecule has 0 aliphatic heterocycles. The first-order valence-electron chi connectivity index (χ1n) is 6.47. The van der Waals surface area contributed by atoms with Crippen LogP contribution in [0.1, 0.15) is 38.8 Å². The number of anilines is 1. The van der Waals surface area contributed by atoms with E-state index in [-0.39, 0.29) is 0 Å². The van der Waals surface area contributed by atoms with E-state index in [1.54, 1.807) is 0 Å². The Bertz CT molecular complexity index is 356. The third-order valence-electron chi connectivity index (χ3n) is 3.09. The molecular weight excluding hydrogens is 208 g/mol.